The van der Waals surface area contributed by atoms with E-state index < -0.39 is 17.4 Å². The summed E-state index contributed by atoms with van der Waals surface area (Å²) in [6.07, 6.45) is -2.77. The number of alkyl halides is 2. The average molecular weight is 182 g/mol. The number of rotatable bonds is 2. The van der Waals surface area contributed by atoms with Crippen molar-refractivity contribution in [2.45, 2.75) is 6.43 Å². The minimum absolute atomic E-state index is 0.304. The number of hydrogen-bond acceptors (Lipinski definition) is 3. The van der Waals surface area contributed by atoms with Crippen LogP contribution < -0.4 is 0 Å². The van der Waals surface area contributed by atoms with Crippen LogP contribution >= 0.6 is 11.6 Å². The molecule has 1 aromatic rings. The van der Waals surface area contributed by atoms with Crippen LogP contribution in [0.25, 0.3) is 0 Å². The fourth-order valence-corrected chi connectivity index (χ4v) is 0.574. The summed E-state index contributed by atoms with van der Waals surface area (Å²) in [6.45, 7) is 0. The molecular formula is C5H2ClF2NO2. The van der Waals surface area contributed by atoms with E-state index in [1.165, 1.54) is 0 Å². The van der Waals surface area contributed by atoms with Crippen molar-refractivity contribution in [1.29, 1.82) is 0 Å². The summed E-state index contributed by atoms with van der Waals surface area (Å²) in [5, 5.41) is 2.08. The lowest BCUT2D eigenvalue weighted by molar-refractivity contribution is 0.105. The van der Waals surface area contributed by atoms with E-state index in [0.29, 0.717) is 0 Å². The molecule has 60 valence electrons. The van der Waals surface area contributed by atoms with Crippen LogP contribution in [0.15, 0.2) is 10.6 Å². The van der Waals surface area contributed by atoms with Gasteiger partial charge in [0.1, 0.15) is 0 Å². The molecule has 0 saturated heterocycles. The van der Waals surface area contributed by atoms with Crippen LogP contribution in [0.4, 0.5) is 8.78 Å². The molecule has 0 unspecified atom stereocenters. The highest BCUT2D eigenvalue weighted by atomic mass is 35.5. The maximum atomic E-state index is 11.8. The van der Waals surface area contributed by atoms with Crippen molar-refractivity contribution >= 4 is 16.8 Å². The quantitative estimate of drug-likeness (QED) is 0.656. The lowest BCUT2D eigenvalue weighted by atomic mass is 10.4. The fourth-order valence-electron chi connectivity index (χ4n) is 0.485. The zero-order valence-electron chi connectivity index (χ0n) is 5.05. The average Bonchev–Trinajstić information content (AvgIpc) is 2.33. The lowest BCUT2D eigenvalue weighted by Crippen LogP contribution is -1.86. The normalized spacial score (nSPS) is 10.5. The Labute approximate surface area is 64.9 Å². The predicted molar refractivity (Wildman–Crippen MR) is 31.6 cm³/mol. The maximum Gasteiger partial charge on any atom is 0.298 e. The van der Waals surface area contributed by atoms with Gasteiger partial charge in [0.25, 0.3) is 11.7 Å². The van der Waals surface area contributed by atoms with E-state index in [4.69, 9.17) is 11.6 Å². The summed E-state index contributed by atoms with van der Waals surface area (Å²) in [7, 11) is 0. The van der Waals surface area contributed by atoms with Crippen LogP contribution in [-0.2, 0) is 0 Å². The Morgan fingerprint density at radius 3 is 2.64 bits per heavy atom. The third-order valence-corrected chi connectivity index (χ3v) is 1.14. The van der Waals surface area contributed by atoms with E-state index in [1.807, 2.05) is 0 Å². The molecule has 1 rings (SSSR count). The minimum Gasteiger partial charge on any atom is -0.354 e. The fraction of sp³-hybridized carbons (Fsp3) is 0.200. The summed E-state index contributed by atoms with van der Waals surface area (Å²) >= 11 is 4.91. The van der Waals surface area contributed by atoms with Gasteiger partial charge in [0.05, 0.1) is 0 Å². The zero-order chi connectivity index (χ0) is 8.43. The molecule has 11 heavy (non-hydrogen) atoms. The molecule has 6 heteroatoms. The summed E-state index contributed by atoms with van der Waals surface area (Å²) in [5.41, 5.74) is -0.304. The van der Waals surface area contributed by atoms with E-state index in [-0.39, 0.29) is 5.69 Å². The molecule has 0 aliphatic rings. The molecule has 0 aliphatic heterocycles. The number of carbonyl (C=O) groups is 1. The molecule has 0 spiro atoms. The Kier molecular flexibility index (Phi) is 2.19. The highest BCUT2D eigenvalue weighted by molar-refractivity contribution is 6.67. The zero-order valence-corrected chi connectivity index (χ0v) is 5.81. The van der Waals surface area contributed by atoms with Gasteiger partial charge in [-0.05, 0) is 11.6 Å². The summed E-state index contributed by atoms with van der Waals surface area (Å²) < 4.78 is 27.6. The van der Waals surface area contributed by atoms with Gasteiger partial charge >= 0.3 is 0 Å². The molecule has 0 saturated carbocycles. The van der Waals surface area contributed by atoms with Crippen molar-refractivity contribution in [1.82, 2.24) is 5.16 Å². The minimum atomic E-state index is -2.77. The van der Waals surface area contributed by atoms with Crippen molar-refractivity contribution in [3.05, 3.63) is 17.5 Å². The Morgan fingerprint density at radius 2 is 2.36 bits per heavy atom. The Balaban J connectivity index is 2.90. The van der Waals surface area contributed by atoms with Crippen molar-refractivity contribution in [3.63, 3.8) is 0 Å². The van der Waals surface area contributed by atoms with Gasteiger partial charge in [0.2, 0.25) is 5.76 Å². The van der Waals surface area contributed by atoms with E-state index >= 15 is 0 Å². The summed E-state index contributed by atoms with van der Waals surface area (Å²) in [4.78, 5) is 10.3. The number of carbonyl (C=O) groups excluding carboxylic acids is 1. The van der Waals surface area contributed by atoms with E-state index in [1.54, 1.807) is 0 Å². The molecular weight excluding hydrogens is 180 g/mol. The first-order valence-electron chi connectivity index (χ1n) is 2.56. The third kappa shape index (κ3) is 1.74. The van der Waals surface area contributed by atoms with Gasteiger partial charge in [0, 0.05) is 6.07 Å². The predicted octanol–water partition coefficient (Wildman–Crippen LogP) is 1.99. The summed E-state index contributed by atoms with van der Waals surface area (Å²) in [6, 6.07) is 0.806. The maximum absolute atomic E-state index is 11.8. The Bertz CT molecular complexity index is 273. The second kappa shape index (κ2) is 2.96. The standard InChI is InChI=1S/C5H2ClF2NO2/c6-4(10)2-1-3(5(7)8)11-9-2/h1,5H. The van der Waals surface area contributed by atoms with Crippen molar-refractivity contribution in [2.75, 3.05) is 0 Å². The molecule has 3 nitrogen and oxygen atoms in total. The number of nitrogens with zero attached hydrogens (tertiary/aromatic N) is 1. The van der Waals surface area contributed by atoms with Crippen LogP contribution in [0.2, 0.25) is 0 Å². The van der Waals surface area contributed by atoms with Crippen molar-refractivity contribution < 1.29 is 18.1 Å². The van der Waals surface area contributed by atoms with Crippen LogP contribution in [0.3, 0.4) is 0 Å². The molecule has 1 heterocycles. The molecule has 0 N–H and O–H groups in total. The molecule has 0 bridgehead atoms. The SMILES string of the molecule is O=C(Cl)c1cc(C(F)F)on1. The van der Waals surface area contributed by atoms with Gasteiger partial charge in [-0.15, -0.1) is 0 Å². The molecule has 0 radical (unpaired) electrons. The van der Waals surface area contributed by atoms with Gasteiger partial charge in [-0.25, -0.2) is 8.78 Å². The molecule has 0 fully saturated rings. The molecule has 0 amide bonds. The Morgan fingerprint density at radius 1 is 1.73 bits per heavy atom. The topological polar surface area (TPSA) is 43.1 Å². The number of hydrogen-bond donors (Lipinski definition) is 0. The van der Waals surface area contributed by atoms with Crippen LogP contribution in [0, 0.1) is 0 Å². The van der Waals surface area contributed by atoms with E-state index in [9.17, 15) is 13.6 Å². The third-order valence-electron chi connectivity index (χ3n) is 0.945. The second-order valence-corrected chi connectivity index (χ2v) is 2.03. The number of halogens is 3. The molecule has 0 aromatic carbocycles. The summed E-state index contributed by atoms with van der Waals surface area (Å²) in [5.74, 6) is -0.658. The first-order chi connectivity index (χ1) is 5.11. The second-order valence-electron chi connectivity index (χ2n) is 1.69. The van der Waals surface area contributed by atoms with Gasteiger partial charge in [-0.1, -0.05) is 5.16 Å². The molecule has 0 atom stereocenters. The van der Waals surface area contributed by atoms with Gasteiger partial charge in [-0.2, -0.15) is 0 Å². The highest BCUT2D eigenvalue weighted by Crippen LogP contribution is 2.19. The van der Waals surface area contributed by atoms with Gasteiger partial charge in [-0.3, -0.25) is 4.79 Å². The first kappa shape index (κ1) is 8.13. The van der Waals surface area contributed by atoms with Crippen molar-refractivity contribution in [2.24, 2.45) is 0 Å². The van der Waals surface area contributed by atoms with Gasteiger partial charge in [0.15, 0.2) is 5.69 Å². The first-order valence-corrected chi connectivity index (χ1v) is 2.93. The molecule has 1 aromatic heterocycles. The largest absolute Gasteiger partial charge is 0.354 e. The van der Waals surface area contributed by atoms with E-state index in [0.717, 1.165) is 6.07 Å². The van der Waals surface area contributed by atoms with E-state index in [2.05, 4.69) is 9.68 Å². The number of aromatic nitrogens is 1. The van der Waals surface area contributed by atoms with Crippen LogP contribution in [-0.4, -0.2) is 10.4 Å². The van der Waals surface area contributed by atoms with Crippen molar-refractivity contribution in [3.8, 4) is 0 Å². The monoisotopic (exact) mass is 181 g/mol. The van der Waals surface area contributed by atoms with Gasteiger partial charge < -0.3 is 4.52 Å². The smallest absolute Gasteiger partial charge is 0.298 e. The highest BCUT2D eigenvalue weighted by Gasteiger charge is 2.16. The Hall–Kier alpha value is -0.970. The van der Waals surface area contributed by atoms with Crippen LogP contribution in [0.5, 0.6) is 0 Å². The molecule has 0 aliphatic carbocycles. The lowest BCUT2D eigenvalue weighted by Gasteiger charge is -1.85. The van der Waals surface area contributed by atoms with Crippen LogP contribution in [0.1, 0.15) is 22.7 Å².